The standard InChI is InChI=1S/C12H20O3/c1-5-15-10(14)12(4)8-6-7-11(2,3)9(12)13/h5-8H2,1-4H3/t12-/m0/s1. The first kappa shape index (κ1) is 12.2. The molecule has 0 N–H and O–H groups in total. The quantitative estimate of drug-likeness (QED) is 0.521. The second-order valence-corrected chi connectivity index (χ2v) is 5.12. The summed E-state index contributed by atoms with van der Waals surface area (Å²) in [6.07, 6.45) is 2.39. The van der Waals surface area contributed by atoms with E-state index in [2.05, 4.69) is 0 Å². The van der Waals surface area contributed by atoms with Crippen molar-refractivity contribution in [2.45, 2.75) is 47.0 Å². The average Bonchev–Trinajstić information content (AvgIpc) is 2.14. The maximum atomic E-state index is 12.2. The molecule has 1 aliphatic rings. The molecule has 86 valence electrons. The summed E-state index contributed by atoms with van der Waals surface area (Å²) >= 11 is 0. The summed E-state index contributed by atoms with van der Waals surface area (Å²) in [5, 5.41) is 0. The van der Waals surface area contributed by atoms with E-state index in [0.29, 0.717) is 13.0 Å². The zero-order chi connectivity index (χ0) is 11.7. The van der Waals surface area contributed by atoms with Crippen molar-refractivity contribution in [3.8, 4) is 0 Å². The molecule has 1 saturated carbocycles. The lowest BCUT2D eigenvalue weighted by atomic mass is 9.63. The molecule has 0 amide bonds. The molecular formula is C12H20O3. The van der Waals surface area contributed by atoms with Crippen molar-refractivity contribution in [2.24, 2.45) is 10.8 Å². The van der Waals surface area contributed by atoms with Crippen LogP contribution in [0.4, 0.5) is 0 Å². The Morgan fingerprint density at radius 2 is 1.93 bits per heavy atom. The van der Waals surface area contributed by atoms with Gasteiger partial charge in [-0.2, -0.15) is 0 Å². The normalized spacial score (nSPS) is 30.0. The number of rotatable bonds is 2. The van der Waals surface area contributed by atoms with E-state index in [0.717, 1.165) is 12.8 Å². The van der Waals surface area contributed by atoms with E-state index >= 15 is 0 Å². The molecule has 0 unspecified atom stereocenters. The van der Waals surface area contributed by atoms with Gasteiger partial charge in [-0.05, 0) is 26.7 Å². The van der Waals surface area contributed by atoms with E-state index in [-0.39, 0.29) is 17.2 Å². The Labute approximate surface area is 91.2 Å². The predicted octanol–water partition coefficient (Wildman–Crippen LogP) is 2.33. The number of ketones is 1. The minimum absolute atomic E-state index is 0.0275. The fourth-order valence-corrected chi connectivity index (χ4v) is 2.34. The fourth-order valence-electron chi connectivity index (χ4n) is 2.34. The molecule has 1 atom stereocenters. The maximum absolute atomic E-state index is 12.2. The molecule has 0 radical (unpaired) electrons. The molecule has 0 bridgehead atoms. The summed E-state index contributed by atoms with van der Waals surface area (Å²) in [7, 11) is 0. The van der Waals surface area contributed by atoms with E-state index in [9.17, 15) is 9.59 Å². The van der Waals surface area contributed by atoms with Gasteiger partial charge in [-0.25, -0.2) is 0 Å². The highest BCUT2D eigenvalue weighted by molar-refractivity contribution is 6.06. The molecule has 1 rings (SSSR count). The molecule has 0 spiro atoms. The second kappa shape index (κ2) is 3.95. The zero-order valence-electron chi connectivity index (χ0n) is 10.1. The molecule has 0 aromatic rings. The van der Waals surface area contributed by atoms with Gasteiger partial charge in [-0.1, -0.05) is 20.3 Å². The van der Waals surface area contributed by atoms with Crippen molar-refractivity contribution in [1.29, 1.82) is 0 Å². The fraction of sp³-hybridized carbons (Fsp3) is 0.833. The van der Waals surface area contributed by atoms with Gasteiger partial charge in [0.1, 0.15) is 5.41 Å². The lowest BCUT2D eigenvalue weighted by Gasteiger charge is -2.39. The van der Waals surface area contributed by atoms with E-state index < -0.39 is 5.41 Å². The van der Waals surface area contributed by atoms with Crippen molar-refractivity contribution < 1.29 is 14.3 Å². The Kier molecular flexibility index (Phi) is 3.22. The second-order valence-electron chi connectivity index (χ2n) is 5.12. The van der Waals surface area contributed by atoms with Crippen LogP contribution in [0, 0.1) is 10.8 Å². The number of hydrogen-bond donors (Lipinski definition) is 0. The summed E-state index contributed by atoms with van der Waals surface area (Å²) in [5.41, 5.74) is -1.31. The summed E-state index contributed by atoms with van der Waals surface area (Å²) < 4.78 is 4.99. The highest BCUT2D eigenvalue weighted by Crippen LogP contribution is 2.43. The molecule has 3 nitrogen and oxygen atoms in total. The molecular weight excluding hydrogens is 192 g/mol. The first-order chi connectivity index (χ1) is 6.84. The van der Waals surface area contributed by atoms with E-state index in [1.807, 2.05) is 13.8 Å². The van der Waals surface area contributed by atoms with Crippen molar-refractivity contribution in [2.75, 3.05) is 6.61 Å². The number of Topliss-reactive ketones (excluding diaryl/α,β-unsaturated/α-hetero) is 1. The van der Waals surface area contributed by atoms with Gasteiger partial charge in [0.15, 0.2) is 5.78 Å². The van der Waals surface area contributed by atoms with Gasteiger partial charge in [-0.15, -0.1) is 0 Å². The van der Waals surface area contributed by atoms with Crippen LogP contribution in [-0.2, 0) is 14.3 Å². The molecule has 1 fully saturated rings. The molecule has 3 heteroatoms. The third-order valence-electron chi connectivity index (χ3n) is 3.32. The first-order valence-electron chi connectivity index (χ1n) is 5.57. The Morgan fingerprint density at radius 3 is 2.47 bits per heavy atom. The van der Waals surface area contributed by atoms with Crippen molar-refractivity contribution in [3.05, 3.63) is 0 Å². The van der Waals surface area contributed by atoms with Gasteiger partial charge in [0.2, 0.25) is 0 Å². The van der Waals surface area contributed by atoms with E-state index in [1.165, 1.54) is 0 Å². The summed E-state index contributed by atoms with van der Waals surface area (Å²) in [5.74, 6) is -0.331. The Bertz CT molecular complexity index is 281. The average molecular weight is 212 g/mol. The van der Waals surface area contributed by atoms with Gasteiger partial charge in [-0.3, -0.25) is 9.59 Å². The molecule has 0 aromatic carbocycles. The van der Waals surface area contributed by atoms with Gasteiger partial charge in [0, 0.05) is 5.41 Å². The van der Waals surface area contributed by atoms with Crippen LogP contribution in [0.25, 0.3) is 0 Å². The van der Waals surface area contributed by atoms with Crippen LogP contribution in [0.1, 0.15) is 47.0 Å². The Hall–Kier alpha value is -0.860. The monoisotopic (exact) mass is 212 g/mol. The lowest BCUT2D eigenvalue weighted by molar-refractivity contribution is -0.165. The summed E-state index contributed by atoms with van der Waals surface area (Å²) in [6, 6.07) is 0. The summed E-state index contributed by atoms with van der Waals surface area (Å²) in [4.78, 5) is 24.0. The van der Waals surface area contributed by atoms with Crippen molar-refractivity contribution >= 4 is 11.8 Å². The van der Waals surface area contributed by atoms with Crippen LogP contribution < -0.4 is 0 Å². The van der Waals surface area contributed by atoms with Crippen LogP contribution >= 0.6 is 0 Å². The molecule has 1 aliphatic carbocycles. The van der Waals surface area contributed by atoms with Gasteiger partial charge in [0.25, 0.3) is 0 Å². The smallest absolute Gasteiger partial charge is 0.319 e. The zero-order valence-corrected chi connectivity index (χ0v) is 10.1. The SMILES string of the molecule is CCOC(=O)[C@@]1(C)CCCC(C)(C)C1=O. The number of esters is 1. The number of ether oxygens (including phenoxy) is 1. The lowest BCUT2D eigenvalue weighted by Crippen LogP contribution is -2.48. The largest absolute Gasteiger partial charge is 0.465 e. The van der Waals surface area contributed by atoms with E-state index in [1.54, 1.807) is 13.8 Å². The molecule has 0 saturated heterocycles. The van der Waals surface area contributed by atoms with E-state index in [4.69, 9.17) is 4.74 Å². The maximum Gasteiger partial charge on any atom is 0.319 e. The van der Waals surface area contributed by atoms with Crippen LogP contribution in [0.3, 0.4) is 0 Å². The highest BCUT2D eigenvalue weighted by atomic mass is 16.5. The minimum atomic E-state index is -0.919. The number of hydrogen-bond acceptors (Lipinski definition) is 3. The van der Waals surface area contributed by atoms with Crippen LogP contribution in [0.2, 0.25) is 0 Å². The topological polar surface area (TPSA) is 43.4 Å². The van der Waals surface area contributed by atoms with Crippen molar-refractivity contribution in [1.82, 2.24) is 0 Å². The number of carbonyl (C=O) groups excluding carboxylic acids is 2. The van der Waals surface area contributed by atoms with Crippen molar-refractivity contribution in [3.63, 3.8) is 0 Å². The Morgan fingerprint density at radius 1 is 1.33 bits per heavy atom. The highest BCUT2D eigenvalue weighted by Gasteiger charge is 2.51. The molecule has 0 aliphatic heterocycles. The first-order valence-corrected chi connectivity index (χ1v) is 5.57. The third kappa shape index (κ3) is 2.06. The van der Waals surface area contributed by atoms with Crippen LogP contribution in [0.15, 0.2) is 0 Å². The van der Waals surface area contributed by atoms with Crippen LogP contribution in [0.5, 0.6) is 0 Å². The Balaban J connectivity index is 2.92. The number of carbonyl (C=O) groups is 2. The molecule has 0 heterocycles. The third-order valence-corrected chi connectivity index (χ3v) is 3.32. The van der Waals surface area contributed by atoms with Crippen LogP contribution in [-0.4, -0.2) is 18.4 Å². The van der Waals surface area contributed by atoms with Gasteiger partial charge in [0.05, 0.1) is 6.61 Å². The predicted molar refractivity (Wildman–Crippen MR) is 57.4 cm³/mol. The molecule has 15 heavy (non-hydrogen) atoms. The summed E-state index contributed by atoms with van der Waals surface area (Å²) in [6.45, 7) is 7.63. The minimum Gasteiger partial charge on any atom is -0.465 e. The van der Waals surface area contributed by atoms with Gasteiger partial charge < -0.3 is 4.74 Å². The van der Waals surface area contributed by atoms with Gasteiger partial charge >= 0.3 is 5.97 Å². The molecule has 0 aromatic heterocycles.